The van der Waals surface area contributed by atoms with Crippen LogP contribution in [0.4, 0.5) is 0 Å². The molecule has 2 aromatic heterocycles. The van der Waals surface area contributed by atoms with Crippen LogP contribution >= 0.6 is 22.9 Å². The third-order valence-corrected chi connectivity index (χ3v) is 2.99. The molecule has 0 fully saturated rings. The smallest absolute Gasteiger partial charge is 0.244 e. The molecule has 0 unspecified atom stereocenters. The molecule has 0 atom stereocenters. The second-order valence-electron chi connectivity index (χ2n) is 3.07. The molecule has 1 N–H and O–H groups in total. The third kappa shape index (κ3) is 1.81. The van der Waals surface area contributed by atoms with Crippen molar-refractivity contribution in [2.24, 2.45) is 4.99 Å². The van der Waals surface area contributed by atoms with E-state index in [1.807, 2.05) is 5.38 Å². The number of alkyl halides is 1. The van der Waals surface area contributed by atoms with Crippen LogP contribution in [0.1, 0.15) is 12.7 Å². The molecule has 7 heteroatoms. The van der Waals surface area contributed by atoms with Crippen molar-refractivity contribution in [2.75, 3.05) is 0 Å². The van der Waals surface area contributed by atoms with Crippen molar-refractivity contribution >= 4 is 39.1 Å². The number of rotatable bonds is 1. The number of thiophene rings is 1. The summed E-state index contributed by atoms with van der Waals surface area (Å²) in [5, 5.41) is 12.2. The standard InChI is InChI=1S/C9H8ClN3O2S/c1-5(14)11-8-6-2-3-16-9(6)12-7(4-10)13(8)15/h2-3,15H,4H2,1H3. The van der Waals surface area contributed by atoms with E-state index >= 15 is 0 Å². The average molecular weight is 258 g/mol. The zero-order chi connectivity index (χ0) is 11.7. The first kappa shape index (κ1) is 11.1. The van der Waals surface area contributed by atoms with E-state index in [0.29, 0.717) is 10.2 Å². The van der Waals surface area contributed by atoms with Crippen LogP contribution in [-0.4, -0.2) is 20.8 Å². The molecule has 0 saturated carbocycles. The molecular weight excluding hydrogens is 250 g/mol. The largest absolute Gasteiger partial charge is 0.425 e. The van der Waals surface area contributed by atoms with Gasteiger partial charge in [-0.3, -0.25) is 4.79 Å². The van der Waals surface area contributed by atoms with Gasteiger partial charge in [0.2, 0.25) is 5.91 Å². The number of halogens is 1. The molecule has 0 bridgehead atoms. The molecule has 0 radical (unpaired) electrons. The van der Waals surface area contributed by atoms with Crippen molar-refractivity contribution in [1.82, 2.24) is 9.71 Å². The van der Waals surface area contributed by atoms with E-state index in [9.17, 15) is 10.0 Å². The highest BCUT2D eigenvalue weighted by Gasteiger charge is 2.09. The highest BCUT2D eigenvalue weighted by Crippen LogP contribution is 2.15. The van der Waals surface area contributed by atoms with Gasteiger partial charge in [-0.2, -0.15) is 9.72 Å². The molecule has 2 rings (SSSR count). The lowest BCUT2D eigenvalue weighted by molar-refractivity contribution is -0.116. The van der Waals surface area contributed by atoms with Crippen molar-refractivity contribution in [3.63, 3.8) is 0 Å². The van der Waals surface area contributed by atoms with E-state index in [-0.39, 0.29) is 23.1 Å². The maximum Gasteiger partial charge on any atom is 0.244 e. The molecule has 5 nitrogen and oxygen atoms in total. The zero-order valence-corrected chi connectivity index (χ0v) is 9.92. The number of nitrogens with zero attached hydrogens (tertiary/aromatic N) is 3. The number of fused-ring (bicyclic) bond motifs is 1. The van der Waals surface area contributed by atoms with E-state index in [0.717, 1.165) is 4.73 Å². The Bertz CT molecular complexity index is 617. The summed E-state index contributed by atoms with van der Waals surface area (Å²) < 4.78 is 0.753. The Balaban J connectivity index is 2.91. The Kier molecular flexibility index (Phi) is 2.93. The van der Waals surface area contributed by atoms with Crippen LogP contribution in [0.25, 0.3) is 10.2 Å². The van der Waals surface area contributed by atoms with Gasteiger partial charge in [-0.1, -0.05) is 0 Å². The minimum atomic E-state index is -0.387. The Labute approximate surface area is 99.6 Å². The second-order valence-corrected chi connectivity index (χ2v) is 4.23. The van der Waals surface area contributed by atoms with Crippen LogP contribution in [-0.2, 0) is 10.7 Å². The average Bonchev–Trinajstić information content (AvgIpc) is 2.69. The molecule has 0 aliphatic rings. The van der Waals surface area contributed by atoms with Crippen molar-refractivity contribution < 1.29 is 10.0 Å². The van der Waals surface area contributed by atoms with Gasteiger partial charge in [-0.05, 0) is 11.4 Å². The molecule has 1 amide bonds. The number of hydrogen-bond donors (Lipinski definition) is 1. The van der Waals surface area contributed by atoms with Crippen molar-refractivity contribution in [3.05, 3.63) is 22.8 Å². The van der Waals surface area contributed by atoms with E-state index in [1.165, 1.54) is 18.3 Å². The first-order chi connectivity index (χ1) is 7.63. The topological polar surface area (TPSA) is 67.5 Å². The molecule has 16 heavy (non-hydrogen) atoms. The van der Waals surface area contributed by atoms with Crippen LogP contribution in [0, 0.1) is 0 Å². The fourth-order valence-corrected chi connectivity index (χ4v) is 2.25. The van der Waals surface area contributed by atoms with Crippen molar-refractivity contribution in [1.29, 1.82) is 0 Å². The third-order valence-electron chi connectivity index (χ3n) is 1.94. The quantitative estimate of drug-likeness (QED) is 0.622. The van der Waals surface area contributed by atoms with Crippen LogP contribution < -0.4 is 5.49 Å². The molecular formula is C9H8ClN3O2S. The van der Waals surface area contributed by atoms with Crippen LogP contribution in [0.5, 0.6) is 0 Å². The molecule has 0 spiro atoms. The minimum absolute atomic E-state index is 0.0464. The zero-order valence-electron chi connectivity index (χ0n) is 8.35. The van der Waals surface area contributed by atoms with Crippen molar-refractivity contribution in [2.45, 2.75) is 12.8 Å². The molecule has 2 heterocycles. The van der Waals surface area contributed by atoms with E-state index < -0.39 is 0 Å². The Morgan fingerprint density at radius 3 is 3.12 bits per heavy atom. The van der Waals surface area contributed by atoms with Gasteiger partial charge in [0.05, 0.1) is 11.3 Å². The molecule has 0 saturated heterocycles. The summed E-state index contributed by atoms with van der Waals surface area (Å²) in [4.78, 5) is 19.6. The van der Waals surface area contributed by atoms with Gasteiger partial charge in [-0.15, -0.1) is 22.9 Å². The Hall–Kier alpha value is -1.40. The molecule has 0 aliphatic carbocycles. The lowest BCUT2D eigenvalue weighted by Gasteiger charge is -2.04. The monoisotopic (exact) mass is 257 g/mol. The van der Waals surface area contributed by atoms with Gasteiger partial charge in [0.25, 0.3) is 0 Å². The van der Waals surface area contributed by atoms with Crippen LogP contribution in [0.3, 0.4) is 0 Å². The number of carbonyl (C=O) groups excluding carboxylic acids is 1. The van der Waals surface area contributed by atoms with E-state index in [1.54, 1.807) is 6.07 Å². The van der Waals surface area contributed by atoms with Gasteiger partial charge in [0.1, 0.15) is 4.83 Å². The predicted molar refractivity (Wildman–Crippen MR) is 60.6 cm³/mol. The normalized spacial score (nSPS) is 12.2. The molecule has 84 valence electrons. The van der Waals surface area contributed by atoms with Gasteiger partial charge < -0.3 is 5.21 Å². The van der Waals surface area contributed by atoms with E-state index in [4.69, 9.17) is 11.6 Å². The first-order valence-corrected chi connectivity index (χ1v) is 5.84. The SMILES string of the molecule is CC(=O)N=c1c2ccsc2nc(CCl)n1O. The summed E-state index contributed by atoms with van der Waals surface area (Å²) in [6, 6.07) is 1.75. The summed E-state index contributed by atoms with van der Waals surface area (Å²) in [5.41, 5.74) is 0.175. The van der Waals surface area contributed by atoms with Crippen LogP contribution in [0.2, 0.25) is 0 Å². The van der Waals surface area contributed by atoms with Gasteiger partial charge >= 0.3 is 0 Å². The highest BCUT2D eigenvalue weighted by molar-refractivity contribution is 7.16. The summed E-state index contributed by atoms with van der Waals surface area (Å²) in [6.45, 7) is 1.32. The maximum absolute atomic E-state index is 11.0. The maximum atomic E-state index is 11.0. The Morgan fingerprint density at radius 1 is 1.75 bits per heavy atom. The number of carbonyl (C=O) groups is 1. The molecule has 0 aromatic carbocycles. The van der Waals surface area contributed by atoms with Gasteiger partial charge in [-0.25, -0.2) is 4.98 Å². The van der Waals surface area contributed by atoms with Gasteiger partial charge in [0, 0.05) is 6.92 Å². The fourth-order valence-electron chi connectivity index (χ4n) is 1.30. The summed E-state index contributed by atoms with van der Waals surface area (Å²) in [5.74, 6) is -0.0799. The first-order valence-electron chi connectivity index (χ1n) is 4.43. The highest BCUT2D eigenvalue weighted by atomic mass is 35.5. The lowest BCUT2D eigenvalue weighted by Crippen LogP contribution is -2.24. The predicted octanol–water partition coefficient (Wildman–Crippen LogP) is 1.52. The van der Waals surface area contributed by atoms with Crippen molar-refractivity contribution in [3.8, 4) is 0 Å². The molecule has 2 aromatic rings. The fraction of sp³-hybridized carbons (Fsp3) is 0.222. The molecule has 0 aliphatic heterocycles. The van der Waals surface area contributed by atoms with Gasteiger partial charge in [0.15, 0.2) is 11.3 Å². The summed E-state index contributed by atoms with van der Waals surface area (Å²) >= 11 is 7.04. The number of amides is 1. The lowest BCUT2D eigenvalue weighted by atomic mass is 10.4. The van der Waals surface area contributed by atoms with Crippen LogP contribution in [0.15, 0.2) is 16.4 Å². The Morgan fingerprint density at radius 2 is 2.50 bits per heavy atom. The summed E-state index contributed by atoms with van der Waals surface area (Å²) in [7, 11) is 0. The van der Waals surface area contributed by atoms with E-state index in [2.05, 4.69) is 9.98 Å². The minimum Gasteiger partial charge on any atom is -0.425 e. The number of aromatic nitrogens is 2. The second kappa shape index (κ2) is 4.23. The summed E-state index contributed by atoms with van der Waals surface area (Å²) in [6.07, 6.45) is 0. The number of hydrogen-bond acceptors (Lipinski definition) is 4.